The van der Waals surface area contributed by atoms with Crippen LogP contribution in [0.1, 0.15) is 24.7 Å². The van der Waals surface area contributed by atoms with Crippen molar-refractivity contribution >= 4 is 11.6 Å². The van der Waals surface area contributed by atoms with Crippen LogP contribution in [0, 0.1) is 0 Å². The standard InChI is InChI=1S/C14H18ClN3/c1-3-5-14-17-8-9-18(14)13-7-4-6-12(15)11(13)10-16-2/h4,6-9,16H,3,5,10H2,1-2H3. The first-order valence-corrected chi connectivity index (χ1v) is 6.60. The highest BCUT2D eigenvalue weighted by atomic mass is 35.5. The van der Waals surface area contributed by atoms with Crippen molar-refractivity contribution in [2.75, 3.05) is 7.05 Å². The van der Waals surface area contributed by atoms with Crippen molar-refractivity contribution in [2.24, 2.45) is 0 Å². The van der Waals surface area contributed by atoms with E-state index in [9.17, 15) is 0 Å². The van der Waals surface area contributed by atoms with Gasteiger partial charge in [-0.3, -0.25) is 0 Å². The van der Waals surface area contributed by atoms with Crippen molar-refractivity contribution in [1.29, 1.82) is 0 Å². The van der Waals surface area contributed by atoms with Gasteiger partial charge in [0, 0.05) is 35.9 Å². The van der Waals surface area contributed by atoms with E-state index < -0.39 is 0 Å². The number of imidazole rings is 1. The molecular weight excluding hydrogens is 246 g/mol. The van der Waals surface area contributed by atoms with Crippen LogP contribution in [0.3, 0.4) is 0 Å². The second-order valence-electron chi connectivity index (χ2n) is 4.23. The number of rotatable bonds is 5. The summed E-state index contributed by atoms with van der Waals surface area (Å²) in [6.45, 7) is 2.91. The Hall–Kier alpha value is -1.32. The molecule has 0 unspecified atom stereocenters. The van der Waals surface area contributed by atoms with Gasteiger partial charge < -0.3 is 9.88 Å². The van der Waals surface area contributed by atoms with Crippen LogP contribution in [0.15, 0.2) is 30.6 Å². The first-order valence-electron chi connectivity index (χ1n) is 6.22. The summed E-state index contributed by atoms with van der Waals surface area (Å²) >= 11 is 6.28. The zero-order valence-corrected chi connectivity index (χ0v) is 11.5. The summed E-state index contributed by atoms with van der Waals surface area (Å²) in [5.41, 5.74) is 2.22. The molecule has 0 fully saturated rings. The van der Waals surface area contributed by atoms with E-state index in [1.807, 2.05) is 31.6 Å². The molecule has 0 radical (unpaired) electrons. The van der Waals surface area contributed by atoms with Gasteiger partial charge in [-0.15, -0.1) is 0 Å². The Labute approximate surface area is 113 Å². The molecule has 2 aromatic rings. The predicted octanol–water partition coefficient (Wildman–Crippen LogP) is 3.20. The normalized spacial score (nSPS) is 10.8. The molecule has 0 atom stereocenters. The highest BCUT2D eigenvalue weighted by molar-refractivity contribution is 6.31. The Balaban J connectivity index is 2.49. The predicted molar refractivity (Wildman–Crippen MR) is 75.3 cm³/mol. The number of benzene rings is 1. The molecule has 0 aliphatic rings. The van der Waals surface area contributed by atoms with E-state index in [1.54, 1.807) is 0 Å². The number of hydrogen-bond donors (Lipinski definition) is 1. The third kappa shape index (κ3) is 2.57. The maximum Gasteiger partial charge on any atom is 0.113 e. The smallest absolute Gasteiger partial charge is 0.113 e. The Morgan fingerprint density at radius 2 is 2.22 bits per heavy atom. The van der Waals surface area contributed by atoms with Gasteiger partial charge in [0.25, 0.3) is 0 Å². The lowest BCUT2D eigenvalue weighted by molar-refractivity contribution is 0.780. The lowest BCUT2D eigenvalue weighted by Crippen LogP contribution is -2.11. The summed E-state index contributed by atoms with van der Waals surface area (Å²) < 4.78 is 2.13. The van der Waals surface area contributed by atoms with Crippen molar-refractivity contribution in [3.05, 3.63) is 47.0 Å². The SMILES string of the molecule is CCCc1nccn1-c1cccc(Cl)c1CNC. The highest BCUT2D eigenvalue weighted by Gasteiger charge is 2.10. The maximum absolute atomic E-state index is 6.28. The van der Waals surface area contributed by atoms with E-state index in [1.165, 1.54) is 0 Å². The third-order valence-corrected chi connectivity index (χ3v) is 3.25. The minimum absolute atomic E-state index is 0.749. The van der Waals surface area contributed by atoms with Crippen LogP contribution in [0.4, 0.5) is 0 Å². The molecule has 2 rings (SSSR count). The molecule has 18 heavy (non-hydrogen) atoms. The molecule has 0 aliphatic heterocycles. The highest BCUT2D eigenvalue weighted by Crippen LogP contribution is 2.24. The van der Waals surface area contributed by atoms with Crippen molar-refractivity contribution in [2.45, 2.75) is 26.3 Å². The lowest BCUT2D eigenvalue weighted by Gasteiger charge is -2.14. The molecule has 0 bridgehead atoms. The fourth-order valence-corrected chi connectivity index (χ4v) is 2.32. The first-order chi connectivity index (χ1) is 8.77. The molecule has 3 nitrogen and oxygen atoms in total. The molecular formula is C14H18ClN3. The van der Waals surface area contributed by atoms with Gasteiger partial charge in [-0.25, -0.2) is 4.98 Å². The van der Waals surface area contributed by atoms with Crippen LogP contribution in [0.5, 0.6) is 0 Å². The second kappa shape index (κ2) is 6.03. The molecule has 0 saturated heterocycles. The quantitative estimate of drug-likeness (QED) is 0.898. The van der Waals surface area contributed by atoms with Gasteiger partial charge in [-0.1, -0.05) is 24.6 Å². The third-order valence-electron chi connectivity index (χ3n) is 2.90. The Bertz CT molecular complexity index is 520. The number of nitrogens with one attached hydrogen (secondary N) is 1. The summed E-state index contributed by atoms with van der Waals surface area (Å²) in [5.74, 6) is 1.08. The van der Waals surface area contributed by atoms with E-state index in [0.29, 0.717) is 0 Å². The number of halogens is 1. The Morgan fingerprint density at radius 1 is 1.39 bits per heavy atom. The molecule has 1 aromatic carbocycles. The van der Waals surface area contributed by atoms with Crippen molar-refractivity contribution < 1.29 is 0 Å². The summed E-state index contributed by atoms with van der Waals surface area (Å²) in [5, 5.41) is 3.95. The minimum atomic E-state index is 0.749. The van der Waals surface area contributed by atoms with Crippen LogP contribution in [-0.2, 0) is 13.0 Å². The summed E-state index contributed by atoms with van der Waals surface area (Å²) in [4.78, 5) is 4.41. The zero-order valence-electron chi connectivity index (χ0n) is 10.8. The molecule has 96 valence electrons. The fourth-order valence-electron chi connectivity index (χ4n) is 2.09. The molecule has 4 heteroatoms. The zero-order chi connectivity index (χ0) is 13.0. The van der Waals surface area contributed by atoms with Gasteiger partial charge in [0.1, 0.15) is 5.82 Å². The summed E-state index contributed by atoms with van der Waals surface area (Å²) in [6, 6.07) is 5.99. The Kier molecular flexibility index (Phi) is 4.39. The summed E-state index contributed by atoms with van der Waals surface area (Å²) in [6.07, 6.45) is 5.89. The minimum Gasteiger partial charge on any atom is -0.316 e. The molecule has 1 aromatic heterocycles. The van der Waals surface area contributed by atoms with Crippen molar-refractivity contribution in [3.63, 3.8) is 0 Å². The lowest BCUT2D eigenvalue weighted by atomic mass is 10.1. The van der Waals surface area contributed by atoms with Crippen LogP contribution in [0.25, 0.3) is 5.69 Å². The molecule has 0 saturated carbocycles. The molecule has 0 amide bonds. The number of nitrogens with zero attached hydrogens (tertiary/aromatic N) is 2. The average molecular weight is 264 g/mol. The number of aromatic nitrogens is 2. The topological polar surface area (TPSA) is 29.9 Å². The van der Waals surface area contributed by atoms with Crippen molar-refractivity contribution in [3.8, 4) is 5.69 Å². The van der Waals surface area contributed by atoms with Crippen LogP contribution in [0.2, 0.25) is 5.02 Å². The van der Waals surface area contributed by atoms with Gasteiger partial charge in [-0.2, -0.15) is 0 Å². The van der Waals surface area contributed by atoms with E-state index in [2.05, 4.69) is 27.9 Å². The second-order valence-corrected chi connectivity index (χ2v) is 4.64. The van der Waals surface area contributed by atoms with Crippen molar-refractivity contribution in [1.82, 2.24) is 14.9 Å². The van der Waals surface area contributed by atoms with E-state index in [-0.39, 0.29) is 0 Å². The van der Waals surface area contributed by atoms with Gasteiger partial charge in [0.05, 0.1) is 5.69 Å². The van der Waals surface area contributed by atoms with E-state index in [0.717, 1.165) is 41.5 Å². The van der Waals surface area contributed by atoms with E-state index in [4.69, 9.17) is 11.6 Å². The molecule has 0 aliphatic carbocycles. The molecule has 0 spiro atoms. The largest absolute Gasteiger partial charge is 0.316 e. The van der Waals surface area contributed by atoms with Gasteiger partial charge in [0.2, 0.25) is 0 Å². The number of aryl methyl sites for hydroxylation is 1. The van der Waals surface area contributed by atoms with Crippen LogP contribution >= 0.6 is 11.6 Å². The van der Waals surface area contributed by atoms with Crippen LogP contribution < -0.4 is 5.32 Å². The molecule has 1 heterocycles. The van der Waals surface area contributed by atoms with E-state index >= 15 is 0 Å². The number of hydrogen-bond acceptors (Lipinski definition) is 2. The van der Waals surface area contributed by atoms with Gasteiger partial charge >= 0.3 is 0 Å². The monoisotopic (exact) mass is 263 g/mol. The first kappa shape index (κ1) is 13.1. The maximum atomic E-state index is 6.28. The summed E-state index contributed by atoms with van der Waals surface area (Å²) in [7, 11) is 1.92. The Morgan fingerprint density at radius 3 is 2.94 bits per heavy atom. The van der Waals surface area contributed by atoms with Crippen LogP contribution in [-0.4, -0.2) is 16.6 Å². The fraction of sp³-hybridized carbons (Fsp3) is 0.357. The van der Waals surface area contributed by atoms with Gasteiger partial charge in [-0.05, 0) is 25.6 Å². The average Bonchev–Trinajstić information content (AvgIpc) is 2.81. The van der Waals surface area contributed by atoms with Gasteiger partial charge in [0.15, 0.2) is 0 Å². The molecule has 1 N–H and O–H groups in total.